The minimum absolute atomic E-state index is 0.0691. The van der Waals surface area contributed by atoms with Crippen LogP contribution in [0.4, 0.5) is 8.78 Å². The fourth-order valence-corrected chi connectivity index (χ4v) is 5.05. The highest BCUT2D eigenvalue weighted by Gasteiger charge is 2.19. The van der Waals surface area contributed by atoms with Crippen molar-refractivity contribution in [2.75, 3.05) is 47.4 Å². The number of allylic oxidation sites excluding steroid dienone is 6. The molecule has 1 aliphatic rings. The zero-order valence-electron chi connectivity index (χ0n) is 32.1. The lowest BCUT2D eigenvalue weighted by Crippen LogP contribution is -2.33. The van der Waals surface area contributed by atoms with E-state index in [4.69, 9.17) is 9.52 Å². The largest absolute Gasteiger partial charge is 0.445 e. The number of rotatable bonds is 15. The van der Waals surface area contributed by atoms with Gasteiger partial charge in [-0.1, -0.05) is 27.7 Å². The van der Waals surface area contributed by atoms with Crippen LogP contribution in [-0.4, -0.2) is 84.1 Å². The number of hydrogen-bond acceptors (Lipinski definition) is 8. The van der Waals surface area contributed by atoms with Crippen molar-refractivity contribution >= 4 is 11.8 Å². The van der Waals surface area contributed by atoms with Gasteiger partial charge in [0.1, 0.15) is 17.9 Å². The average Bonchev–Trinajstić information content (AvgIpc) is 3.64. The molecule has 3 aromatic rings. The Morgan fingerprint density at radius 3 is 2.27 bits per heavy atom. The number of aliphatic hydroxyl groups excluding tert-OH is 1. The fraction of sp³-hybridized carbons (Fsp3) is 0.450. The van der Waals surface area contributed by atoms with Gasteiger partial charge < -0.3 is 30.0 Å². The highest BCUT2D eigenvalue weighted by Crippen LogP contribution is 2.23. The van der Waals surface area contributed by atoms with Crippen molar-refractivity contribution in [1.29, 1.82) is 0 Å². The molecule has 10 nitrogen and oxygen atoms in total. The van der Waals surface area contributed by atoms with E-state index in [1.165, 1.54) is 30.1 Å². The molecule has 0 radical (unpaired) electrons. The van der Waals surface area contributed by atoms with E-state index in [2.05, 4.69) is 31.6 Å². The van der Waals surface area contributed by atoms with Crippen LogP contribution in [0, 0.1) is 0 Å². The molecular formula is C40H58F2N6O4. The molecule has 2 heterocycles. The smallest absolute Gasteiger partial charge is 0.253 e. The van der Waals surface area contributed by atoms with Crippen LogP contribution in [0.15, 0.2) is 88.9 Å². The first-order valence-corrected chi connectivity index (χ1v) is 17.9. The third-order valence-electron chi connectivity index (χ3n) is 7.14. The molecule has 0 atom stereocenters. The van der Waals surface area contributed by atoms with Gasteiger partial charge in [-0.15, -0.1) is 0 Å². The summed E-state index contributed by atoms with van der Waals surface area (Å²) < 4.78 is 30.4. The Morgan fingerprint density at radius 2 is 1.63 bits per heavy atom. The fourth-order valence-electron chi connectivity index (χ4n) is 5.05. The molecule has 4 rings (SSSR count). The maximum Gasteiger partial charge on any atom is 0.253 e. The number of nitrogens with zero attached hydrogens (tertiary/aromatic N) is 4. The van der Waals surface area contributed by atoms with Crippen molar-refractivity contribution in [3.63, 3.8) is 0 Å². The van der Waals surface area contributed by atoms with Crippen LogP contribution in [0.5, 0.6) is 0 Å². The highest BCUT2D eigenvalue weighted by atomic mass is 19.1. The number of oxazole rings is 1. The molecule has 0 bridgehead atoms. The van der Waals surface area contributed by atoms with Crippen molar-refractivity contribution in [2.24, 2.45) is 0 Å². The normalized spacial score (nSPS) is 12.0. The molecule has 0 fully saturated rings. The van der Waals surface area contributed by atoms with Crippen LogP contribution < -0.4 is 10.6 Å². The molecular weight excluding hydrogens is 666 g/mol. The van der Waals surface area contributed by atoms with E-state index in [1.54, 1.807) is 31.3 Å². The zero-order valence-corrected chi connectivity index (χ0v) is 32.1. The van der Waals surface area contributed by atoms with Gasteiger partial charge in [0.15, 0.2) is 0 Å². The first kappa shape index (κ1) is 45.5. The molecule has 3 N–H and O–H groups in total. The second kappa shape index (κ2) is 26.3. The SMILES string of the molecule is CC.CC1=CC(F)=CCC(F)=C1.CCCN(CCC)C(=O)c1cc(C(=O)NCCCNCc2cc(CN(C)C)ccn2)cc(-c2ncco2)c1.CO. The minimum atomic E-state index is -0.360. The van der Waals surface area contributed by atoms with E-state index in [0.29, 0.717) is 54.3 Å². The van der Waals surface area contributed by atoms with Crippen LogP contribution in [0.2, 0.25) is 0 Å². The monoisotopic (exact) mass is 724 g/mol. The lowest BCUT2D eigenvalue weighted by atomic mass is 10.0. The summed E-state index contributed by atoms with van der Waals surface area (Å²) in [6.07, 6.45) is 11.3. The third kappa shape index (κ3) is 17.1. The molecule has 0 aliphatic heterocycles. The van der Waals surface area contributed by atoms with E-state index in [1.807, 2.05) is 59.0 Å². The Balaban J connectivity index is 0.000000815. The minimum Gasteiger partial charge on any atom is -0.445 e. The van der Waals surface area contributed by atoms with Crippen LogP contribution >= 0.6 is 0 Å². The van der Waals surface area contributed by atoms with Crippen molar-refractivity contribution in [3.05, 3.63) is 107 Å². The topological polar surface area (TPSA) is 124 Å². The lowest BCUT2D eigenvalue weighted by Gasteiger charge is -2.22. The number of halogens is 2. The Bertz CT molecular complexity index is 1570. The third-order valence-corrected chi connectivity index (χ3v) is 7.14. The number of carbonyl (C=O) groups excluding carboxylic acids is 2. The van der Waals surface area contributed by atoms with Gasteiger partial charge in [0.2, 0.25) is 5.89 Å². The van der Waals surface area contributed by atoms with Gasteiger partial charge in [-0.2, -0.15) is 0 Å². The molecule has 0 spiro atoms. The molecule has 2 amide bonds. The van der Waals surface area contributed by atoms with Crippen molar-refractivity contribution < 1.29 is 27.9 Å². The summed E-state index contributed by atoms with van der Waals surface area (Å²) in [6, 6.07) is 9.26. The molecule has 12 heteroatoms. The number of pyridine rings is 1. The Kier molecular flexibility index (Phi) is 23.0. The lowest BCUT2D eigenvalue weighted by molar-refractivity contribution is 0.0755. The Hall–Kier alpha value is -4.52. The molecule has 0 saturated heterocycles. The van der Waals surface area contributed by atoms with Crippen LogP contribution in [0.3, 0.4) is 0 Å². The molecule has 0 unspecified atom stereocenters. The Morgan fingerprint density at radius 1 is 0.942 bits per heavy atom. The summed E-state index contributed by atoms with van der Waals surface area (Å²) in [4.78, 5) is 38.9. The summed E-state index contributed by atoms with van der Waals surface area (Å²) >= 11 is 0. The number of aliphatic hydroxyl groups is 1. The zero-order chi connectivity index (χ0) is 38.9. The van der Waals surface area contributed by atoms with E-state index >= 15 is 0 Å². The van der Waals surface area contributed by atoms with Gasteiger partial charge in [-0.3, -0.25) is 14.6 Å². The van der Waals surface area contributed by atoms with Crippen molar-refractivity contribution in [1.82, 2.24) is 30.4 Å². The number of amides is 2. The number of hydrogen-bond donors (Lipinski definition) is 3. The van der Waals surface area contributed by atoms with E-state index in [0.717, 1.165) is 45.2 Å². The van der Waals surface area contributed by atoms with Crippen LogP contribution in [0.25, 0.3) is 11.5 Å². The predicted molar refractivity (Wildman–Crippen MR) is 205 cm³/mol. The van der Waals surface area contributed by atoms with Gasteiger partial charge in [0.05, 0.1) is 11.9 Å². The van der Waals surface area contributed by atoms with E-state index in [-0.39, 0.29) is 29.9 Å². The molecule has 1 aromatic carbocycles. The molecule has 1 aliphatic carbocycles. The van der Waals surface area contributed by atoms with Gasteiger partial charge in [-0.05, 0) is 107 Å². The van der Waals surface area contributed by atoms with Gasteiger partial charge in [0, 0.05) is 69.1 Å². The summed E-state index contributed by atoms with van der Waals surface area (Å²) in [6.45, 7) is 13.9. The summed E-state index contributed by atoms with van der Waals surface area (Å²) in [5, 5.41) is 13.4. The summed E-state index contributed by atoms with van der Waals surface area (Å²) in [5.74, 6) is -0.604. The molecule has 2 aromatic heterocycles. The first-order valence-electron chi connectivity index (χ1n) is 17.9. The second-order valence-corrected chi connectivity index (χ2v) is 11.9. The van der Waals surface area contributed by atoms with Crippen LogP contribution in [0.1, 0.15) is 92.3 Å². The maximum atomic E-state index is 13.3. The van der Waals surface area contributed by atoms with Crippen molar-refractivity contribution in [3.8, 4) is 11.5 Å². The van der Waals surface area contributed by atoms with Gasteiger partial charge in [-0.25, -0.2) is 13.8 Å². The number of nitrogens with one attached hydrogen (secondary N) is 2. The van der Waals surface area contributed by atoms with Crippen molar-refractivity contribution in [2.45, 2.75) is 73.4 Å². The molecule has 0 saturated carbocycles. The highest BCUT2D eigenvalue weighted by molar-refractivity contribution is 6.01. The number of benzene rings is 1. The van der Waals surface area contributed by atoms with E-state index < -0.39 is 0 Å². The van der Waals surface area contributed by atoms with Gasteiger partial charge >= 0.3 is 0 Å². The number of aromatic nitrogens is 2. The predicted octanol–water partition coefficient (Wildman–Crippen LogP) is 7.65. The summed E-state index contributed by atoms with van der Waals surface area (Å²) in [5.41, 5.74) is 4.30. The quantitative estimate of drug-likeness (QED) is 0.137. The van der Waals surface area contributed by atoms with Gasteiger partial charge in [0.25, 0.3) is 11.8 Å². The van der Waals surface area contributed by atoms with E-state index in [9.17, 15) is 18.4 Å². The molecule has 286 valence electrons. The maximum absolute atomic E-state index is 13.3. The molecule has 52 heavy (non-hydrogen) atoms. The van der Waals surface area contributed by atoms with Crippen LogP contribution in [-0.2, 0) is 13.1 Å². The standard InChI is InChI=1S/C29H40N6O3.C8H8F2.C2H6.CH4O/c1-5-13-35(14-6-2)29(37)25-18-23(17-24(19-25)28-33-12-15-38-28)27(36)32-10-7-9-30-20-26-16-22(8-11-31-26)21-34(3)4;1-6-4-7(9)2-3-8(10)5-6;2*1-2/h8,11-12,15-19,30H,5-7,9-10,13-14,20-21H2,1-4H3,(H,32,36);2,4-5H,3H2,1H3;1-2H3;2H,1H3. The number of carbonyl (C=O) groups is 2. The summed E-state index contributed by atoms with van der Waals surface area (Å²) in [7, 11) is 5.09. The average molecular weight is 725 g/mol. The second-order valence-electron chi connectivity index (χ2n) is 11.9. The first-order chi connectivity index (χ1) is 25.1. The Labute approximate surface area is 308 Å².